The zero-order valence-electron chi connectivity index (χ0n) is 14.5. The van der Waals surface area contributed by atoms with Gasteiger partial charge in [0.2, 0.25) is 0 Å². The molecule has 2 aromatic carbocycles. The first-order chi connectivity index (χ1) is 11.2. The number of rotatable bonds is 5. The van der Waals surface area contributed by atoms with Crippen LogP contribution in [0.25, 0.3) is 11.1 Å². The fourth-order valence-electron chi connectivity index (χ4n) is 3.12. The number of nitrogens with zero attached hydrogens (tertiary/aromatic N) is 1. The number of ether oxygens (including phenoxy) is 1. The molecule has 0 unspecified atom stereocenters. The third kappa shape index (κ3) is 4.97. The van der Waals surface area contributed by atoms with E-state index in [1.54, 1.807) is 0 Å². The summed E-state index contributed by atoms with van der Waals surface area (Å²) in [4.78, 5) is 2.20. The van der Waals surface area contributed by atoms with Crippen LogP contribution in [0, 0.1) is 0 Å². The summed E-state index contributed by atoms with van der Waals surface area (Å²) in [6.07, 6.45) is 2.51. The largest absolute Gasteiger partial charge is 0.490 e. The van der Waals surface area contributed by atoms with E-state index in [9.17, 15) is 0 Å². The van der Waals surface area contributed by atoms with E-state index in [0.717, 1.165) is 38.2 Å². The predicted molar refractivity (Wildman–Crippen MR) is 103 cm³/mol. The van der Waals surface area contributed by atoms with E-state index in [-0.39, 0.29) is 12.4 Å². The SMILES string of the molecule is CN(C)Cc1ccccc1-c1cccc(OC2CCNCC2)c1.Cl. The van der Waals surface area contributed by atoms with E-state index in [0.29, 0.717) is 6.10 Å². The fourth-order valence-corrected chi connectivity index (χ4v) is 3.12. The molecule has 0 bridgehead atoms. The van der Waals surface area contributed by atoms with Crippen LogP contribution in [0.4, 0.5) is 0 Å². The van der Waals surface area contributed by atoms with Gasteiger partial charge in [0.15, 0.2) is 0 Å². The summed E-state index contributed by atoms with van der Waals surface area (Å²) < 4.78 is 6.19. The van der Waals surface area contributed by atoms with Gasteiger partial charge in [-0.3, -0.25) is 0 Å². The first-order valence-corrected chi connectivity index (χ1v) is 8.43. The van der Waals surface area contributed by atoms with Gasteiger partial charge in [-0.2, -0.15) is 0 Å². The average Bonchev–Trinajstić information content (AvgIpc) is 2.56. The number of benzene rings is 2. The molecule has 2 aromatic rings. The molecule has 0 radical (unpaired) electrons. The van der Waals surface area contributed by atoms with Crippen molar-refractivity contribution in [3.05, 3.63) is 54.1 Å². The Kier molecular flexibility index (Phi) is 7.10. The number of hydrogen-bond donors (Lipinski definition) is 1. The molecule has 0 amide bonds. The van der Waals surface area contributed by atoms with Gasteiger partial charge < -0.3 is 15.0 Å². The van der Waals surface area contributed by atoms with Gasteiger partial charge in [-0.15, -0.1) is 12.4 Å². The monoisotopic (exact) mass is 346 g/mol. The van der Waals surface area contributed by atoms with Crippen molar-refractivity contribution >= 4 is 12.4 Å². The molecule has 0 saturated carbocycles. The number of hydrogen-bond acceptors (Lipinski definition) is 3. The van der Waals surface area contributed by atoms with Crippen molar-refractivity contribution in [2.24, 2.45) is 0 Å². The molecule has 0 spiro atoms. The third-order valence-electron chi connectivity index (χ3n) is 4.24. The summed E-state index contributed by atoms with van der Waals surface area (Å²) in [5.41, 5.74) is 3.86. The van der Waals surface area contributed by atoms with Gasteiger partial charge in [-0.05, 0) is 68.8 Å². The van der Waals surface area contributed by atoms with Crippen molar-refractivity contribution in [2.45, 2.75) is 25.5 Å². The highest BCUT2D eigenvalue weighted by Crippen LogP contribution is 2.28. The lowest BCUT2D eigenvalue weighted by atomic mass is 9.99. The van der Waals surface area contributed by atoms with E-state index in [4.69, 9.17) is 4.74 Å². The first-order valence-electron chi connectivity index (χ1n) is 8.43. The van der Waals surface area contributed by atoms with Crippen LogP contribution in [0.2, 0.25) is 0 Å². The lowest BCUT2D eigenvalue weighted by Gasteiger charge is -2.24. The van der Waals surface area contributed by atoms with Gasteiger partial charge in [0.1, 0.15) is 11.9 Å². The summed E-state index contributed by atoms with van der Waals surface area (Å²) in [5, 5.41) is 3.38. The first kappa shape index (κ1) is 18.8. The third-order valence-corrected chi connectivity index (χ3v) is 4.24. The number of piperidine rings is 1. The topological polar surface area (TPSA) is 24.5 Å². The maximum atomic E-state index is 6.19. The minimum atomic E-state index is 0. The van der Waals surface area contributed by atoms with Gasteiger partial charge in [0.25, 0.3) is 0 Å². The van der Waals surface area contributed by atoms with Crippen LogP contribution in [0.1, 0.15) is 18.4 Å². The quantitative estimate of drug-likeness (QED) is 0.886. The van der Waals surface area contributed by atoms with Crippen molar-refractivity contribution in [2.75, 3.05) is 27.2 Å². The Morgan fingerprint density at radius 3 is 2.54 bits per heavy atom. The maximum absolute atomic E-state index is 6.19. The smallest absolute Gasteiger partial charge is 0.120 e. The molecule has 1 aliphatic rings. The molecule has 1 aliphatic heterocycles. The average molecular weight is 347 g/mol. The molecular weight excluding hydrogens is 320 g/mol. The second kappa shape index (κ2) is 9.07. The van der Waals surface area contributed by atoms with Crippen LogP contribution in [-0.2, 0) is 6.54 Å². The van der Waals surface area contributed by atoms with Crippen LogP contribution in [0.15, 0.2) is 48.5 Å². The summed E-state index contributed by atoms with van der Waals surface area (Å²) in [6.45, 7) is 3.04. The molecule has 3 nitrogen and oxygen atoms in total. The Balaban J connectivity index is 0.00000208. The molecular formula is C20H27ClN2O. The predicted octanol–water partition coefficient (Wildman–Crippen LogP) is 3.97. The van der Waals surface area contributed by atoms with Gasteiger partial charge in [-0.1, -0.05) is 36.4 Å². The fraction of sp³-hybridized carbons (Fsp3) is 0.400. The van der Waals surface area contributed by atoms with E-state index >= 15 is 0 Å². The van der Waals surface area contributed by atoms with Crippen LogP contribution < -0.4 is 10.1 Å². The molecule has 3 rings (SSSR count). The highest BCUT2D eigenvalue weighted by molar-refractivity contribution is 5.85. The number of nitrogens with one attached hydrogen (secondary N) is 1. The van der Waals surface area contributed by atoms with Crippen molar-refractivity contribution in [1.29, 1.82) is 0 Å². The molecule has 130 valence electrons. The summed E-state index contributed by atoms with van der Waals surface area (Å²) >= 11 is 0. The highest BCUT2D eigenvalue weighted by Gasteiger charge is 2.15. The maximum Gasteiger partial charge on any atom is 0.120 e. The lowest BCUT2D eigenvalue weighted by Crippen LogP contribution is -2.34. The normalized spacial score (nSPS) is 15.1. The lowest BCUT2D eigenvalue weighted by molar-refractivity contribution is 0.162. The van der Waals surface area contributed by atoms with Crippen molar-refractivity contribution in [1.82, 2.24) is 10.2 Å². The summed E-state index contributed by atoms with van der Waals surface area (Å²) in [5.74, 6) is 0.981. The molecule has 1 fully saturated rings. The minimum Gasteiger partial charge on any atom is -0.490 e. The standard InChI is InChI=1S/C20H26N2O.ClH/c1-22(2)15-17-6-3-4-9-20(17)16-7-5-8-19(14-16)23-18-10-12-21-13-11-18;/h3-9,14,18,21H,10-13,15H2,1-2H3;1H. The molecule has 24 heavy (non-hydrogen) atoms. The number of halogens is 1. The van der Waals surface area contributed by atoms with Crippen molar-refractivity contribution in [3.63, 3.8) is 0 Å². The van der Waals surface area contributed by atoms with E-state index in [1.807, 2.05) is 0 Å². The minimum absolute atomic E-state index is 0. The van der Waals surface area contributed by atoms with E-state index in [2.05, 4.69) is 72.8 Å². The van der Waals surface area contributed by atoms with Crippen LogP contribution >= 0.6 is 12.4 Å². The van der Waals surface area contributed by atoms with Gasteiger partial charge in [0.05, 0.1) is 0 Å². The second-order valence-corrected chi connectivity index (χ2v) is 6.49. The molecule has 1 N–H and O–H groups in total. The van der Waals surface area contributed by atoms with Crippen molar-refractivity contribution in [3.8, 4) is 16.9 Å². The molecule has 1 heterocycles. The van der Waals surface area contributed by atoms with Crippen molar-refractivity contribution < 1.29 is 4.74 Å². The van der Waals surface area contributed by atoms with Gasteiger partial charge in [-0.25, -0.2) is 0 Å². The van der Waals surface area contributed by atoms with Gasteiger partial charge >= 0.3 is 0 Å². The molecule has 0 aromatic heterocycles. The van der Waals surface area contributed by atoms with E-state index in [1.165, 1.54) is 16.7 Å². The zero-order valence-corrected chi connectivity index (χ0v) is 15.3. The van der Waals surface area contributed by atoms with Gasteiger partial charge in [0, 0.05) is 6.54 Å². The molecule has 4 heteroatoms. The highest BCUT2D eigenvalue weighted by atomic mass is 35.5. The van der Waals surface area contributed by atoms with E-state index < -0.39 is 0 Å². The van der Waals surface area contributed by atoms with Crippen LogP contribution in [0.3, 0.4) is 0 Å². The Labute approximate surface area is 151 Å². The Morgan fingerprint density at radius 1 is 1.04 bits per heavy atom. The summed E-state index contributed by atoms with van der Waals surface area (Å²) in [7, 11) is 4.21. The zero-order chi connectivity index (χ0) is 16.1. The molecule has 0 atom stereocenters. The van der Waals surface area contributed by atoms with Crippen LogP contribution in [-0.4, -0.2) is 38.2 Å². The molecule has 1 saturated heterocycles. The summed E-state index contributed by atoms with van der Waals surface area (Å²) in [6, 6.07) is 17.1. The Bertz CT molecular complexity index is 639. The second-order valence-electron chi connectivity index (χ2n) is 6.49. The molecule has 0 aliphatic carbocycles. The Morgan fingerprint density at radius 2 is 1.79 bits per heavy atom. The van der Waals surface area contributed by atoms with Crippen LogP contribution in [0.5, 0.6) is 5.75 Å². The Hall–Kier alpha value is -1.55.